The Hall–Kier alpha value is -1.64. The molecule has 3 fully saturated rings. The summed E-state index contributed by atoms with van der Waals surface area (Å²) in [5.74, 6) is -0.0905. The Morgan fingerprint density at radius 3 is 2.56 bits per heavy atom. The molecule has 1 N–H and O–H groups in total. The van der Waals surface area contributed by atoms with Crippen molar-refractivity contribution in [3.63, 3.8) is 0 Å². The Morgan fingerprint density at radius 1 is 1.37 bits per heavy atom. The number of hydrogen-bond acceptors (Lipinski definition) is 6. The number of imide groups is 1. The SMILES string of the molecule is CO[C@@H]1[C@H](OC(=O)N(C)C(=O)O)CC[C@]2(CO2)[C@H]1[C@@]1(C)OC1CC=C(C)C. The molecule has 2 aliphatic heterocycles. The summed E-state index contributed by atoms with van der Waals surface area (Å²) in [5.41, 5.74) is 0.504. The van der Waals surface area contributed by atoms with Crippen LogP contribution in [-0.4, -0.2) is 72.5 Å². The van der Waals surface area contributed by atoms with Crippen LogP contribution in [0.4, 0.5) is 9.59 Å². The number of rotatable bonds is 5. The van der Waals surface area contributed by atoms with Crippen LogP contribution in [-0.2, 0) is 18.9 Å². The van der Waals surface area contributed by atoms with E-state index in [9.17, 15) is 9.59 Å². The minimum atomic E-state index is -1.36. The van der Waals surface area contributed by atoms with Crippen molar-refractivity contribution < 1.29 is 33.6 Å². The highest BCUT2D eigenvalue weighted by atomic mass is 16.6. The zero-order valence-corrected chi connectivity index (χ0v) is 16.6. The Kier molecular flexibility index (Phi) is 5.26. The van der Waals surface area contributed by atoms with Crippen molar-refractivity contribution in [1.29, 1.82) is 0 Å². The van der Waals surface area contributed by atoms with Crippen LogP contribution >= 0.6 is 0 Å². The van der Waals surface area contributed by atoms with E-state index in [0.29, 0.717) is 17.9 Å². The molecular formula is C19H29NO7. The monoisotopic (exact) mass is 383 g/mol. The van der Waals surface area contributed by atoms with Gasteiger partial charge in [-0.3, -0.25) is 0 Å². The number of nitrogens with zero attached hydrogens (tertiary/aromatic N) is 1. The number of epoxide rings is 2. The third-order valence-corrected chi connectivity index (χ3v) is 6.05. The summed E-state index contributed by atoms with van der Waals surface area (Å²) in [7, 11) is 2.75. The third kappa shape index (κ3) is 3.70. The maximum absolute atomic E-state index is 12.1. The molecular weight excluding hydrogens is 354 g/mol. The average molecular weight is 383 g/mol. The van der Waals surface area contributed by atoms with E-state index in [2.05, 4.69) is 26.8 Å². The molecule has 6 atom stereocenters. The lowest BCUT2D eigenvalue weighted by Crippen LogP contribution is -2.56. The second kappa shape index (κ2) is 7.07. The summed E-state index contributed by atoms with van der Waals surface area (Å²) in [5, 5.41) is 8.98. The number of carboxylic acid groups (broad SMARTS) is 1. The second-order valence-electron chi connectivity index (χ2n) is 8.14. The molecule has 0 bridgehead atoms. The van der Waals surface area contributed by atoms with Crippen molar-refractivity contribution in [3.05, 3.63) is 11.6 Å². The number of hydrogen-bond donors (Lipinski definition) is 1. The predicted molar refractivity (Wildman–Crippen MR) is 95.6 cm³/mol. The molecule has 2 amide bonds. The van der Waals surface area contributed by atoms with E-state index in [4.69, 9.17) is 24.1 Å². The average Bonchev–Trinajstić information content (AvgIpc) is 3.51. The fourth-order valence-corrected chi connectivity index (χ4v) is 4.36. The third-order valence-electron chi connectivity index (χ3n) is 6.05. The van der Waals surface area contributed by atoms with Gasteiger partial charge < -0.3 is 24.1 Å². The molecule has 2 heterocycles. The molecule has 1 aliphatic carbocycles. The molecule has 0 radical (unpaired) electrons. The first-order chi connectivity index (χ1) is 12.6. The molecule has 8 heteroatoms. The summed E-state index contributed by atoms with van der Waals surface area (Å²) in [4.78, 5) is 23.6. The van der Waals surface area contributed by atoms with Gasteiger partial charge in [-0.15, -0.1) is 0 Å². The van der Waals surface area contributed by atoms with Gasteiger partial charge >= 0.3 is 12.2 Å². The highest BCUT2D eigenvalue weighted by molar-refractivity contribution is 5.86. The number of amides is 2. The molecule has 3 aliphatic rings. The molecule has 0 aromatic heterocycles. The normalized spacial score (nSPS) is 39.6. The molecule has 0 aromatic carbocycles. The number of carbonyl (C=O) groups excluding carboxylic acids is 1. The summed E-state index contributed by atoms with van der Waals surface area (Å²) in [6, 6.07) is 0. The predicted octanol–water partition coefficient (Wildman–Crippen LogP) is 2.81. The first-order valence-electron chi connectivity index (χ1n) is 9.30. The van der Waals surface area contributed by atoms with Gasteiger partial charge in [0.2, 0.25) is 0 Å². The van der Waals surface area contributed by atoms with E-state index in [0.717, 1.165) is 12.8 Å². The van der Waals surface area contributed by atoms with Gasteiger partial charge in [0.1, 0.15) is 23.4 Å². The van der Waals surface area contributed by atoms with Crippen molar-refractivity contribution >= 4 is 12.2 Å². The van der Waals surface area contributed by atoms with Crippen molar-refractivity contribution in [1.82, 2.24) is 4.90 Å². The lowest BCUT2D eigenvalue weighted by atomic mass is 9.68. The molecule has 0 aromatic rings. The lowest BCUT2D eigenvalue weighted by Gasteiger charge is -2.42. The molecule has 1 unspecified atom stereocenters. The number of allylic oxidation sites excluding steroid dienone is 1. The minimum absolute atomic E-state index is 0.0623. The maximum atomic E-state index is 12.1. The van der Waals surface area contributed by atoms with E-state index in [1.807, 2.05) is 0 Å². The number of methoxy groups -OCH3 is 1. The van der Waals surface area contributed by atoms with Crippen LogP contribution in [0.25, 0.3) is 0 Å². The summed E-state index contributed by atoms with van der Waals surface area (Å²) in [6.45, 7) is 6.81. The number of carbonyl (C=O) groups is 2. The van der Waals surface area contributed by atoms with Crippen LogP contribution < -0.4 is 0 Å². The van der Waals surface area contributed by atoms with E-state index < -0.39 is 30.0 Å². The van der Waals surface area contributed by atoms with Gasteiger partial charge in [-0.05, 0) is 40.0 Å². The molecule has 1 saturated carbocycles. The minimum Gasteiger partial charge on any atom is -0.465 e. The molecule has 8 nitrogen and oxygen atoms in total. The zero-order chi connectivity index (χ0) is 20.0. The first kappa shape index (κ1) is 20.1. The summed E-state index contributed by atoms with van der Waals surface area (Å²) < 4.78 is 23.2. The molecule has 2 saturated heterocycles. The lowest BCUT2D eigenvalue weighted by molar-refractivity contribution is -0.120. The molecule has 3 rings (SSSR count). The fraction of sp³-hybridized carbons (Fsp3) is 0.789. The van der Waals surface area contributed by atoms with Crippen LogP contribution in [0.3, 0.4) is 0 Å². The van der Waals surface area contributed by atoms with E-state index >= 15 is 0 Å². The quantitative estimate of drug-likeness (QED) is 0.575. The van der Waals surface area contributed by atoms with Crippen LogP contribution in [0.5, 0.6) is 0 Å². The fourth-order valence-electron chi connectivity index (χ4n) is 4.36. The van der Waals surface area contributed by atoms with Crippen molar-refractivity contribution in [2.75, 3.05) is 20.8 Å². The van der Waals surface area contributed by atoms with Gasteiger partial charge in [0, 0.05) is 14.2 Å². The largest absolute Gasteiger partial charge is 0.465 e. The Bertz CT molecular complexity index is 640. The van der Waals surface area contributed by atoms with Gasteiger partial charge in [-0.2, -0.15) is 0 Å². The second-order valence-corrected chi connectivity index (χ2v) is 8.14. The van der Waals surface area contributed by atoms with Gasteiger partial charge in [-0.25, -0.2) is 14.5 Å². The maximum Gasteiger partial charge on any atom is 0.419 e. The molecule has 152 valence electrons. The molecule has 1 spiro atoms. The van der Waals surface area contributed by atoms with Crippen LogP contribution in [0, 0.1) is 5.92 Å². The van der Waals surface area contributed by atoms with Crippen LogP contribution in [0.1, 0.15) is 40.0 Å². The number of ether oxygens (including phenoxy) is 4. The summed E-state index contributed by atoms with van der Waals surface area (Å²) >= 11 is 0. The smallest absolute Gasteiger partial charge is 0.419 e. The van der Waals surface area contributed by atoms with E-state index in [-0.39, 0.29) is 17.6 Å². The Balaban J connectivity index is 1.76. The van der Waals surface area contributed by atoms with Gasteiger partial charge in [0.25, 0.3) is 0 Å². The van der Waals surface area contributed by atoms with E-state index in [1.165, 1.54) is 12.6 Å². The standard InChI is InChI=1S/C19H29NO7/c1-11(2)6-7-13-18(3,27-13)15-14(24-5)12(8-9-19(15)10-25-19)26-17(23)20(4)16(21)22/h6,12-15H,7-10H2,1-5H3,(H,21,22)/t12-,13?,14-,15-,18+,19+/m1/s1. The van der Waals surface area contributed by atoms with Gasteiger partial charge in [0.15, 0.2) is 0 Å². The van der Waals surface area contributed by atoms with Gasteiger partial charge in [-0.1, -0.05) is 11.6 Å². The highest BCUT2D eigenvalue weighted by Gasteiger charge is 2.72. The highest BCUT2D eigenvalue weighted by Crippen LogP contribution is 2.59. The van der Waals surface area contributed by atoms with E-state index in [1.54, 1.807) is 7.11 Å². The van der Waals surface area contributed by atoms with Crippen molar-refractivity contribution in [2.24, 2.45) is 5.92 Å². The topological polar surface area (TPSA) is 101 Å². The van der Waals surface area contributed by atoms with Crippen LogP contribution in [0.15, 0.2) is 11.6 Å². The zero-order valence-electron chi connectivity index (χ0n) is 16.6. The first-order valence-corrected chi connectivity index (χ1v) is 9.30. The van der Waals surface area contributed by atoms with Crippen LogP contribution in [0.2, 0.25) is 0 Å². The van der Waals surface area contributed by atoms with Crippen molar-refractivity contribution in [2.45, 2.75) is 69.5 Å². The molecule has 27 heavy (non-hydrogen) atoms. The van der Waals surface area contributed by atoms with Gasteiger partial charge in [0.05, 0.1) is 18.6 Å². The Morgan fingerprint density at radius 2 is 2.04 bits per heavy atom. The summed E-state index contributed by atoms with van der Waals surface area (Å²) in [6.07, 6.45) is 1.08. The Labute approximate surface area is 159 Å². The van der Waals surface area contributed by atoms with Crippen molar-refractivity contribution in [3.8, 4) is 0 Å².